The highest BCUT2D eigenvalue weighted by Crippen LogP contribution is 2.27. The molecule has 0 bridgehead atoms. The van der Waals surface area contributed by atoms with Gasteiger partial charge in [-0.1, -0.05) is 19.1 Å². The van der Waals surface area contributed by atoms with Gasteiger partial charge in [0.05, 0.1) is 10.6 Å². The SMILES string of the molecule is CCS(=O)(=O)c1ccc(C(C)(F)N=C=O)cc1. The zero-order valence-corrected chi connectivity index (χ0v) is 10.3. The molecule has 0 aliphatic rings. The average Bonchev–Trinajstić information content (AvgIpc) is 2.29. The Morgan fingerprint density at radius 2 is 1.88 bits per heavy atom. The van der Waals surface area contributed by atoms with Crippen LogP contribution in [0.4, 0.5) is 4.39 Å². The van der Waals surface area contributed by atoms with E-state index in [1.54, 1.807) is 0 Å². The van der Waals surface area contributed by atoms with Crippen molar-refractivity contribution in [3.63, 3.8) is 0 Å². The van der Waals surface area contributed by atoms with Crippen LogP contribution >= 0.6 is 0 Å². The molecule has 6 heteroatoms. The second kappa shape index (κ2) is 4.77. The number of aliphatic imine (C=N–C) groups is 1. The zero-order valence-electron chi connectivity index (χ0n) is 9.47. The van der Waals surface area contributed by atoms with Gasteiger partial charge >= 0.3 is 0 Å². The summed E-state index contributed by atoms with van der Waals surface area (Å²) in [6, 6.07) is 5.19. The van der Waals surface area contributed by atoms with Crippen LogP contribution in [0.2, 0.25) is 0 Å². The molecule has 1 aromatic carbocycles. The maximum Gasteiger partial charge on any atom is 0.238 e. The summed E-state index contributed by atoms with van der Waals surface area (Å²) < 4.78 is 36.8. The largest absolute Gasteiger partial charge is 0.238 e. The van der Waals surface area contributed by atoms with Gasteiger partial charge in [-0.25, -0.2) is 17.6 Å². The molecule has 0 saturated carbocycles. The number of hydrogen-bond acceptors (Lipinski definition) is 4. The Kier molecular flexibility index (Phi) is 3.80. The van der Waals surface area contributed by atoms with Crippen molar-refractivity contribution in [2.45, 2.75) is 24.5 Å². The van der Waals surface area contributed by atoms with Crippen LogP contribution in [0.3, 0.4) is 0 Å². The first-order chi connectivity index (χ1) is 7.83. The highest BCUT2D eigenvalue weighted by molar-refractivity contribution is 7.91. The van der Waals surface area contributed by atoms with E-state index in [4.69, 9.17) is 0 Å². The van der Waals surface area contributed by atoms with Gasteiger partial charge in [-0.2, -0.15) is 4.99 Å². The maximum absolute atomic E-state index is 13.8. The second-order valence-electron chi connectivity index (χ2n) is 3.58. The Morgan fingerprint density at radius 1 is 1.35 bits per heavy atom. The van der Waals surface area contributed by atoms with Crippen LogP contribution in [0.25, 0.3) is 0 Å². The Labute approximate surface area is 99.1 Å². The third-order valence-electron chi connectivity index (χ3n) is 2.38. The smallest absolute Gasteiger partial charge is 0.224 e. The predicted octanol–water partition coefficient (Wildman–Crippen LogP) is 1.96. The number of alkyl halides is 1. The van der Waals surface area contributed by atoms with Crippen molar-refractivity contribution in [2.24, 2.45) is 4.99 Å². The summed E-state index contributed by atoms with van der Waals surface area (Å²) in [4.78, 5) is 13.2. The quantitative estimate of drug-likeness (QED) is 0.470. The summed E-state index contributed by atoms with van der Waals surface area (Å²) in [5, 5.41) is 0. The topological polar surface area (TPSA) is 63.6 Å². The lowest BCUT2D eigenvalue weighted by Gasteiger charge is -2.13. The van der Waals surface area contributed by atoms with Gasteiger partial charge in [0.1, 0.15) is 0 Å². The maximum atomic E-state index is 13.8. The van der Waals surface area contributed by atoms with Crippen molar-refractivity contribution in [3.8, 4) is 0 Å². The Morgan fingerprint density at radius 3 is 2.29 bits per heavy atom. The molecule has 1 atom stereocenters. The molecule has 92 valence electrons. The molecule has 1 rings (SSSR count). The van der Waals surface area contributed by atoms with Crippen molar-refractivity contribution in [2.75, 3.05) is 5.75 Å². The number of isocyanates is 1. The fourth-order valence-corrected chi connectivity index (χ4v) is 2.17. The Balaban J connectivity index is 3.17. The Bertz CT molecular complexity index is 543. The molecule has 0 spiro atoms. The lowest BCUT2D eigenvalue weighted by Crippen LogP contribution is -2.12. The van der Waals surface area contributed by atoms with E-state index >= 15 is 0 Å². The molecule has 0 heterocycles. The van der Waals surface area contributed by atoms with Crippen LogP contribution in [0.1, 0.15) is 19.4 Å². The van der Waals surface area contributed by atoms with E-state index in [-0.39, 0.29) is 16.2 Å². The number of sulfone groups is 1. The van der Waals surface area contributed by atoms with E-state index in [9.17, 15) is 17.6 Å². The molecule has 1 aromatic rings. The molecule has 0 aliphatic carbocycles. The number of carbonyl (C=O) groups excluding carboxylic acids is 1. The van der Waals surface area contributed by atoms with Crippen LogP contribution in [0.15, 0.2) is 34.2 Å². The van der Waals surface area contributed by atoms with Gasteiger partial charge in [-0.05, 0) is 19.1 Å². The molecular weight excluding hydrogens is 245 g/mol. The summed E-state index contributed by atoms with van der Waals surface area (Å²) in [5.41, 5.74) is 0.107. The molecule has 0 N–H and O–H groups in total. The fraction of sp³-hybridized carbons (Fsp3) is 0.364. The molecule has 0 fully saturated rings. The van der Waals surface area contributed by atoms with Crippen molar-refractivity contribution < 1.29 is 17.6 Å². The highest BCUT2D eigenvalue weighted by Gasteiger charge is 2.25. The minimum absolute atomic E-state index is 0.0221. The van der Waals surface area contributed by atoms with E-state index in [1.165, 1.54) is 31.2 Å². The number of halogens is 1. The van der Waals surface area contributed by atoms with Gasteiger partial charge in [-0.3, -0.25) is 0 Å². The second-order valence-corrected chi connectivity index (χ2v) is 5.86. The van der Waals surface area contributed by atoms with Gasteiger partial charge < -0.3 is 0 Å². The first kappa shape index (κ1) is 13.5. The number of rotatable bonds is 4. The normalized spacial score (nSPS) is 14.8. The lowest BCUT2D eigenvalue weighted by atomic mass is 10.1. The number of nitrogens with zero attached hydrogens (tertiary/aromatic N) is 1. The van der Waals surface area contributed by atoms with Crippen molar-refractivity contribution >= 4 is 15.9 Å². The van der Waals surface area contributed by atoms with Crippen LogP contribution in [0, 0.1) is 0 Å². The van der Waals surface area contributed by atoms with Gasteiger partial charge in [0.2, 0.25) is 11.9 Å². The summed E-state index contributed by atoms with van der Waals surface area (Å²) in [6.07, 6.45) is 1.14. The highest BCUT2D eigenvalue weighted by atomic mass is 32.2. The minimum Gasteiger partial charge on any atom is -0.224 e. The van der Waals surface area contributed by atoms with Crippen LogP contribution in [0.5, 0.6) is 0 Å². The third-order valence-corrected chi connectivity index (χ3v) is 4.13. The monoisotopic (exact) mass is 257 g/mol. The molecule has 0 amide bonds. The zero-order chi connectivity index (χ0) is 13.1. The molecule has 0 aromatic heterocycles. The first-order valence-electron chi connectivity index (χ1n) is 4.94. The van der Waals surface area contributed by atoms with Crippen molar-refractivity contribution in [1.29, 1.82) is 0 Å². The standard InChI is InChI=1S/C11H12FNO3S/c1-3-17(15,16)10-6-4-9(5-7-10)11(2,12)13-8-14/h4-7H,3H2,1-2H3. The predicted molar refractivity (Wildman–Crippen MR) is 60.8 cm³/mol. The van der Waals surface area contributed by atoms with E-state index in [0.29, 0.717) is 0 Å². The van der Waals surface area contributed by atoms with Gasteiger partial charge in [0.25, 0.3) is 0 Å². The molecular formula is C11H12FNO3S. The molecule has 0 aliphatic heterocycles. The first-order valence-corrected chi connectivity index (χ1v) is 6.60. The van der Waals surface area contributed by atoms with Crippen LogP contribution < -0.4 is 0 Å². The number of benzene rings is 1. The summed E-state index contributed by atoms with van der Waals surface area (Å²) >= 11 is 0. The van der Waals surface area contributed by atoms with Gasteiger partial charge in [-0.15, -0.1) is 0 Å². The molecule has 4 nitrogen and oxygen atoms in total. The van der Waals surface area contributed by atoms with Crippen LogP contribution in [-0.2, 0) is 20.4 Å². The van der Waals surface area contributed by atoms with Crippen molar-refractivity contribution in [3.05, 3.63) is 29.8 Å². The molecule has 1 unspecified atom stereocenters. The van der Waals surface area contributed by atoms with Crippen LogP contribution in [-0.4, -0.2) is 20.3 Å². The molecule has 17 heavy (non-hydrogen) atoms. The average molecular weight is 257 g/mol. The van der Waals surface area contributed by atoms with E-state index < -0.39 is 15.6 Å². The van der Waals surface area contributed by atoms with E-state index in [2.05, 4.69) is 4.99 Å². The molecule has 0 radical (unpaired) electrons. The summed E-state index contributed by atoms with van der Waals surface area (Å²) in [6.45, 7) is 2.63. The minimum atomic E-state index is -3.30. The molecule has 0 saturated heterocycles. The number of hydrogen-bond donors (Lipinski definition) is 0. The summed E-state index contributed by atoms with van der Waals surface area (Å²) in [7, 11) is -3.30. The van der Waals surface area contributed by atoms with Crippen molar-refractivity contribution in [1.82, 2.24) is 0 Å². The van der Waals surface area contributed by atoms with E-state index in [1.807, 2.05) is 0 Å². The Hall–Kier alpha value is -1.52. The van der Waals surface area contributed by atoms with E-state index in [0.717, 1.165) is 13.0 Å². The van der Waals surface area contributed by atoms with Gasteiger partial charge in [0.15, 0.2) is 9.84 Å². The summed E-state index contributed by atoms with van der Waals surface area (Å²) in [5.74, 6) is -2.21. The third kappa shape index (κ3) is 2.99. The lowest BCUT2D eigenvalue weighted by molar-refractivity contribution is 0.206. The van der Waals surface area contributed by atoms with Gasteiger partial charge in [0, 0.05) is 5.56 Å². The fourth-order valence-electron chi connectivity index (χ4n) is 1.28.